The van der Waals surface area contributed by atoms with E-state index in [1.807, 2.05) is 13.8 Å². The molecule has 3 N–H and O–H groups in total. The number of carbonyl (C=O) groups is 2. The standard InChI is InChI=1S/C17H23N3O3/c1-17(2)8-13-11(14(21)9-17)7-12(16(23)20-13)15(22)19-10-3-5-18-6-4-10/h7,10,18H,3-6,8-9H2,1-2H3,(H,19,22)(H,20,23). The summed E-state index contributed by atoms with van der Waals surface area (Å²) in [5.41, 5.74) is 0.594. The third-order valence-electron chi connectivity index (χ3n) is 4.64. The number of fused-ring (bicyclic) bond motifs is 1. The second-order valence-electron chi connectivity index (χ2n) is 7.34. The number of amides is 1. The van der Waals surface area contributed by atoms with Crippen LogP contribution in [0.2, 0.25) is 0 Å². The van der Waals surface area contributed by atoms with Crippen LogP contribution < -0.4 is 16.2 Å². The van der Waals surface area contributed by atoms with Crippen molar-refractivity contribution in [2.24, 2.45) is 5.41 Å². The molecule has 124 valence electrons. The molecule has 2 heterocycles. The number of aromatic amines is 1. The number of carbonyl (C=O) groups excluding carboxylic acids is 2. The van der Waals surface area contributed by atoms with Gasteiger partial charge in [0.25, 0.3) is 11.5 Å². The molecule has 1 aliphatic heterocycles. The van der Waals surface area contributed by atoms with Crippen molar-refractivity contribution in [3.63, 3.8) is 0 Å². The first kappa shape index (κ1) is 15.9. The van der Waals surface area contributed by atoms with Crippen LogP contribution in [0.5, 0.6) is 0 Å². The molecule has 2 aliphatic rings. The summed E-state index contributed by atoms with van der Waals surface area (Å²) < 4.78 is 0. The Morgan fingerprint density at radius 1 is 1.22 bits per heavy atom. The zero-order valence-electron chi connectivity index (χ0n) is 13.6. The van der Waals surface area contributed by atoms with E-state index >= 15 is 0 Å². The summed E-state index contributed by atoms with van der Waals surface area (Å²) >= 11 is 0. The monoisotopic (exact) mass is 317 g/mol. The number of H-pyrrole nitrogens is 1. The van der Waals surface area contributed by atoms with E-state index in [0.717, 1.165) is 25.9 Å². The van der Waals surface area contributed by atoms with E-state index < -0.39 is 11.5 Å². The van der Waals surface area contributed by atoms with Gasteiger partial charge in [0.1, 0.15) is 5.56 Å². The predicted molar refractivity (Wildman–Crippen MR) is 86.9 cm³/mol. The van der Waals surface area contributed by atoms with Gasteiger partial charge in [-0.1, -0.05) is 13.8 Å². The molecule has 0 saturated carbocycles. The van der Waals surface area contributed by atoms with Crippen LogP contribution in [0, 0.1) is 5.41 Å². The Hall–Kier alpha value is -1.95. The largest absolute Gasteiger partial charge is 0.349 e. The fourth-order valence-electron chi connectivity index (χ4n) is 3.43. The van der Waals surface area contributed by atoms with Crippen LogP contribution in [0.4, 0.5) is 0 Å². The van der Waals surface area contributed by atoms with Crippen molar-refractivity contribution in [1.29, 1.82) is 0 Å². The number of hydrogen-bond acceptors (Lipinski definition) is 4. The lowest BCUT2D eigenvalue weighted by atomic mass is 9.75. The molecule has 1 aromatic heterocycles. The van der Waals surface area contributed by atoms with Gasteiger partial charge in [-0.05, 0) is 43.8 Å². The van der Waals surface area contributed by atoms with Crippen LogP contribution in [0.1, 0.15) is 59.5 Å². The van der Waals surface area contributed by atoms with Crippen LogP contribution in [0.25, 0.3) is 0 Å². The van der Waals surface area contributed by atoms with E-state index in [4.69, 9.17) is 0 Å². The normalized spacial score (nSPS) is 20.9. The van der Waals surface area contributed by atoms with E-state index in [1.54, 1.807) is 0 Å². The van der Waals surface area contributed by atoms with Gasteiger partial charge in [0.05, 0.1) is 0 Å². The smallest absolute Gasteiger partial charge is 0.261 e. The molecule has 0 bridgehead atoms. The molecule has 1 aromatic rings. The summed E-state index contributed by atoms with van der Waals surface area (Å²) in [6.45, 7) is 5.73. The molecule has 6 nitrogen and oxygen atoms in total. The first-order valence-electron chi connectivity index (χ1n) is 8.17. The molecule has 23 heavy (non-hydrogen) atoms. The molecule has 0 spiro atoms. The lowest BCUT2D eigenvalue weighted by molar-refractivity contribution is 0.0910. The zero-order valence-corrected chi connectivity index (χ0v) is 13.6. The second-order valence-corrected chi connectivity index (χ2v) is 7.34. The minimum absolute atomic E-state index is 0.0107. The minimum atomic E-state index is -0.416. The number of ketones is 1. The Kier molecular flexibility index (Phi) is 4.10. The highest BCUT2D eigenvalue weighted by atomic mass is 16.2. The highest BCUT2D eigenvalue weighted by molar-refractivity contribution is 6.02. The lowest BCUT2D eigenvalue weighted by Gasteiger charge is -2.30. The Morgan fingerprint density at radius 3 is 2.61 bits per heavy atom. The van der Waals surface area contributed by atoms with Gasteiger partial charge in [0.2, 0.25) is 0 Å². The van der Waals surface area contributed by atoms with Crippen LogP contribution in [-0.2, 0) is 6.42 Å². The number of aromatic nitrogens is 1. The van der Waals surface area contributed by atoms with Gasteiger partial charge in [-0.15, -0.1) is 0 Å². The molecule has 0 unspecified atom stereocenters. The van der Waals surface area contributed by atoms with Crippen molar-refractivity contribution in [3.8, 4) is 0 Å². The third-order valence-corrected chi connectivity index (χ3v) is 4.64. The fraction of sp³-hybridized carbons (Fsp3) is 0.588. The van der Waals surface area contributed by atoms with Crippen molar-refractivity contribution in [3.05, 3.63) is 33.2 Å². The number of hydrogen-bond donors (Lipinski definition) is 3. The zero-order chi connectivity index (χ0) is 16.6. The molecular formula is C17H23N3O3. The Morgan fingerprint density at radius 2 is 1.91 bits per heavy atom. The van der Waals surface area contributed by atoms with Gasteiger partial charge < -0.3 is 15.6 Å². The molecular weight excluding hydrogens is 294 g/mol. The van der Waals surface area contributed by atoms with Gasteiger partial charge >= 0.3 is 0 Å². The molecule has 0 atom stereocenters. The van der Waals surface area contributed by atoms with Crippen molar-refractivity contribution in [2.75, 3.05) is 13.1 Å². The van der Waals surface area contributed by atoms with Gasteiger partial charge in [0, 0.05) is 23.7 Å². The molecule has 1 aliphatic carbocycles. The van der Waals surface area contributed by atoms with Gasteiger partial charge in [-0.25, -0.2) is 0 Å². The van der Waals surface area contributed by atoms with Crippen molar-refractivity contribution < 1.29 is 9.59 Å². The Bertz CT molecular complexity index is 700. The maximum Gasteiger partial charge on any atom is 0.261 e. The average molecular weight is 317 g/mol. The van der Waals surface area contributed by atoms with Crippen LogP contribution >= 0.6 is 0 Å². The van der Waals surface area contributed by atoms with Gasteiger partial charge in [0.15, 0.2) is 5.78 Å². The molecule has 1 saturated heterocycles. The quantitative estimate of drug-likeness (QED) is 0.759. The van der Waals surface area contributed by atoms with Crippen molar-refractivity contribution in [1.82, 2.24) is 15.6 Å². The van der Waals surface area contributed by atoms with Crippen molar-refractivity contribution >= 4 is 11.7 Å². The topological polar surface area (TPSA) is 91.1 Å². The number of rotatable bonds is 2. The first-order valence-corrected chi connectivity index (χ1v) is 8.17. The lowest BCUT2D eigenvalue weighted by Crippen LogP contribution is -2.44. The molecule has 0 aromatic carbocycles. The molecule has 6 heteroatoms. The van der Waals surface area contributed by atoms with E-state index in [0.29, 0.717) is 24.1 Å². The maximum absolute atomic E-state index is 12.4. The maximum atomic E-state index is 12.4. The van der Waals surface area contributed by atoms with Crippen LogP contribution in [0.15, 0.2) is 10.9 Å². The fourth-order valence-corrected chi connectivity index (χ4v) is 3.43. The summed E-state index contributed by atoms with van der Waals surface area (Å²) in [6, 6.07) is 1.55. The highest BCUT2D eigenvalue weighted by Crippen LogP contribution is 2.33. The second kappa shape index (κ2) is 5.92. The van der Waals surface area contributed by atoms with Gasteiger partial charge in [-0.2, -0.15) is 0 Å². The highest BCUT2D eigenvalue weighted by Gasteiger charge is 2.32. The number of Topliss-reactive ketones (excluding diaryl/α,β-unsaturated/α-hetero) is 1. The molecule has 3 rings (SSSR count). The summed E-state index contributed by atoms with van der Waals surface area (Å²) in [7, 11) is 0. The van der Waals surface area contributed by atoms with E-state index in [9.17, 15) is 14.4 Å². The summed E-state index contributed by atoms with van der Waals surface area (Å²) in [5, 5.41) is 6.13. The Balaban J connectivity index is 1.86. The summed E-state index contributed by atoms with van der Waals surface area (Å²) in [4.78, 5) is 39.7. The first-order chi connectivity index (χ1) is 10.9. The Labute approximate surface area is 135 Å². The van der Waals surface area contributed by atoms with Crippen LogP contribution in [-0.4, -0.2) is 35.8 Å². The van der Waals surface area contributed by atoms with E-state index in [2.05, 4.69) is 15.6 Å². The summed E-state index contributed by atoms with van der Waals surface area (Å²) in [5.74, 6) is -0.401. The number of piperidine rings is 1. The SMILES string of the molecule is CC1(C)CC(=O)c2cc(C(=O)NC3CCNCC3)c(=O)[nH]c2C1. The van der Waals surface area contributed by atoms with E-state index in [-0.39, 0.29) is 22.8 Å². The molecule has 0 radical (unpaired) electrons. The van der Waals surface area contributed by atoms with Crippen molar-refractivity contribution in [2.45, 2.75) is 45.6 Å². The van der Waals surface area contributed by atoms with Gasteiger partial charge in [-0.3, -0.25) is 14.4 Å². The average Bonchev–Trinajstić information content (AvgIpc) is 2.46. The van der Waals surface area contributed by atoms with Crippen LogP contribution in [0.3, 0.4) is 0 Å². The minimum Gasteiger partial charge on any atom is -0.349 e. The summed E-state index contributed by atoms with van der Waals surface area (Å²) in [6.07, 6.45) is 2.77. The molecule has 1 amide bonds. The van der Waals surface area contributed by atoms with E-state index in [1.165, 1.54) is 6.07 Å². The number of pyridine rings is 1. The predicted octanol–water partition coefficient (Wildman–Crippen LogP) is 1.01. The molecule has 1 fully saturated rings. The third kappa shape index (κ3) is 3.37. The number of nitrogens with one attached hydrogen (secondary N) is 3.